The van der Waals surface area contributed by atoms with Gasteiger partial charge in [-0.3, -0.25) is 4.79 Å². The second-order valence-corrected chi connectivity index (χ2v) is 5.96. The Morgan fingerprint density at radius 1 is 1.48 bits per heavy atom. The number of ether oxygens (including phenoxy) is 1. The lowest BCUT2D eigenvalue weighted by Crippen LogP contribution is -2.29. The average molecular weight is 353 g/mol. The molecule has 0 aliphatic rings. The quantitative estimate of drug-likeness (QED) is 0.706. The first-order chi connectivity index (χ1) is 10.0. The molecule has 0 saturated carbocycles. The summed E-state index contributed by atoms with van der Waals surface area (Å²) in [4.78, 5) is 11.5. The first kappa shape index (κ1) is 17.5. The maximum absolute atomic E-state index is 11.5. The van der Waals surface area contributed by atoms with Crippen molar-refractivity contribution >= 4 is 21.8 Å². The summed E-state index contributed by atoms with van der Waals surface area (Å²) in [6.07, 6.45) is 5.09. The summed E-state index contributed by atoms with van der Waals surface area (Å²) in [5.41, 5.74) is 1.01. The van der Waals surface area contributed by atoms with Crippen LogP contribution in [0.4, 0.5) is 0 Å². The smallest absolute Gasteiger partial charge is 0.258 e. The van der Waals surface area contributed by atoms with E-state index in [1.807, 2.05) is 18.2 Å². The van der Waals surface area contributed by atoms with Crippen LogP contribution in [-0.2, 0) is 11.3 Å². The van der Waals surface area contributed by atoms with Crippen LogP contribution in [-0.4, -0.2) is 25.6 Å². The maximum Gasteiger partial charge on any atom is 0.258 e. The summed E-state index contributed by atoms with van der Waals surface area (Å²) in [5.74, 6) is 3.40. The minimum atomic E-state index is -0.225. The van der Waals surface area contributed by atoms with Crippen molar-refractivity contribution in [1.29, 1.82) is 0 Å². The number of rotatable bonds is 8. The van der Waals surface area contributed by atoms with Gasteiger partial charge < -0.3 is 15.4 Å². The van der Waals surface area contributed by atoms with E-state index in [-0.39, 0.29) is 19.1 Å². The number of nitrogens with one attached hydrogen (secondary N) is 2. The molecule has 1 rings (SSSR count). The van der Waals surface area contributed by atoms with Gasteiger partial charge in [0, 0.05) is 16.6 Å². The summed E-state index contributed by atoms with van der Waals surface area (Å²) in [5, 5.41) is 5.93. The number of amides is 1. The summed E-state index contributed by atoms with van der Waals surface area (Å²) < 4.78 is 6.55. The van der Waals surface area contributed by atoms with E-state index in [1.165, 1.54) is 0 Å². The fraction of sp³-hybridized carbons (Fsp3) is 0.438. The minimum Gasteiger partial charge on any atom is -0.483 e. The number of carbonyl (C=O) groups excluding carboxylic acids is 1. The highest BCUT2D eigenvalue weighted by molar-refractivity contribution is 9.10. The zero-order valence-corrected chi connectivity index (χ0v) is 14.0. The van der Waals surface area contributed by atoms with E-state index in [2.05, 4.69) is 46.3 Å². The lowest BCUT2D eigenvalue weighted by molar-refractivity contribution is -0.122. The third kappa shape index (κ3) is 7.16. The van der Waals surface area contributed by atoms with Crippen molar-refractivity contribution in [1.82, 2.24) is 10.6 Å². The number of halogens is 1. The van der Waals surface area contributed by atoms with Gasteiger partial charge in [0.15, 0.2) is 6.61 Å². The Morgan fingerprint density at radius 3 is 2.90 bits per heavy atom. The van der Waals surface area contributed by atoms with Crippen molar-refractivity contribution < 1.29 is 9.53 Å². The van der Waals surface area contributed by atoms with Gasteiger partial charge in [-0.1, -0.05) is 35.7 Å². The van der Waals surface area contributed by atoms with Crippen LogP contribution in [0.2, 0.25) is 0 Å². The zero-order valence-electron chi connectivity index (χ0n) is 12.4. The second-order valence-electron chi connectivity index (χ2n) is 5.05. The Balaban J connectivity index is 2.60. The lowest BCUT2D eigenvalue weighted by Gasteiger charge is -2.13. The van der Waals surface area contributed by atoms with E-state index in [0.29, 0.717) is 18.2 Å². The van der Waals surface area contributed by atoms with E-state index < -0.39 is 0 Å². The molecule has 0 radical (unpaired) electrons. The van der Waals surface area contributed by atoms with E-state index in [4.69, 9.17) is 11.2 Å². The molecule has 1 aromatic carbocycles. The molecule has 0 heterocycles. The standard InChI is InChI=1S/C16H21BrN2O2/c1-4-7-19-16(20)11-21-15-6-5-14(17)8-13(15)10-18-9-12(2)3/h1,5-6,8,12,18H,7,9-11H2,2-3H3,(H,19,20). The Labute approximate surface area is 134 Å². The summed E-state index contributed by atoms with van der Waals surface area (Å²) in [6, 6.07) is 5.73. The molecule has 0 aliphatic heterocycles. The van der Waals surface area contributed by atoms with Crippen molar-refractivity contribution in [2.75, 3.05) is 19.7 Å². The molecule has 0 saturated heterocycles. The Hall–Kier alpha value is -1.51. The SMILES string of the molecule is C#CCNC(=O)COc1ccc(Br)cc1CNCC(C)C. The van der Waals surface area contributed by atoms with Crippen LogP contribution in [0.15, 0.2) is 22.7 Å². The molecule has 0 spiro atoms. The first-order valence-corrected chi connectivity index (χ1v) is 7.64. The third-order valence-electron chi connectivity index (χ3n) is 2.64. The van der Waals surface area contributed by atoms with Gasteiger partial charge >= 0.3 is 0 Å². The molecular formula is C16H21BrN2O2. The highest BCUT2D eigenvalue weighted by Gasteiger charge is 2.07. The molecule has 21 heavy (non-hydrogen) atoms. The van der Waals surface area contributed by atoms with Gasteiger partial charge in [0.05, 0.1) is 6.54 Å². The van der Waals surface area contributed by atoms with E-state index in [9.17, 15) is 4.79 Å². The molecule has 4 nitrogen and oxygen atoms in total. The molecule has 0 aliphatic carbocycles. The normalized spacial score (nSPS) is 10.2. The summed E-state index contributed by atoms with van der Waals surface area (Å²) in [6.45, 7) is 6.10. The van der Waals surface area contributed by atoms with Crippen LogP contribution >= 0.6 is 15.9 Å². The van der Waals surface area contributed by atoms with Crippen molar-refractivity contribution in [3.05, 3.63) is 28.2 Å². The molecule has 0 atom stereocenters. The monoisotopic (exact) mass is 352 g/mol. The molecule has 0 unspecified atom stereocenters. The fourth-order valence-corrected chi connectivity index (χ4v) is 2.07. The number of hydrogen-bond acceptors (Lipinski definition) is 3. The molecule has 1 aromatic rings. The van der Waals surface area contributed by atoms with Crippen LogP contribution in [0.3, 0.4) is 0 Å². The molecule has 5 heteroatoms. The van der Waals surface area contributed by atoms with Crippen molar-refractivity contribution in [3.63, 3.8) is 0 Å². The van der Waals surface area contributed by atoms with E-state index in [0.717, 1.165) is 16.6 Å². The van der Waals surface area contributed by atoms with Crippen LogP contribution in [0.5, 0.6) is 5.75 Å². The van der Waals surface area contributed by atoms with Gasteiger partial charge in [0.2, 0.25) is 0 Å². The third-order valence-corrected chi connectivity index (χ3v) is 3.13. The van der Waals surface area contributed by atoms with Gasteiger partial charge in [-0.2, -0.15) is 0 Å². The Kier molecular flexibility index (Phi) is 7.88. The topological polar surface area (TPSA) is 50.4 Å². The average Bonchev–Trinajstić information content (AvgIpc) is 2.43. The first-order valence-electron chi connectivity index (χ1n) is 6.85. The minimum absolute atomic E-state index is 0.0412. The van der Waals surface area contributed by atoms with E-state index in [1.54, 1.807) is 0 Å². The van der Waals surface area contributed by atoms with Gasteiger partial charge in [-0.15, -0.1) is 6.42 Å². The number of hydrogen-bond donors (Lipinski definition) is 2. The van der Waals surface area contributed by atoms with Crippen molar-refractivity contribution in [3.8, 4) is 18.1 Å². The highest BCUT2D eigenvalue weighted by Crippen LogP contribution is 2.23. The van der Waals surface area contributed by atoms with Crippen LogP contribution < -0.4 is 15.4 Å². The fourth-order valence-electron chi connectivity index (χ4n) is 1.67. The maximum atomic E-state index is 11.5. The van der Waals surface area contributed by atoms with Crippen molar-refractivity contribution in [2.45, 2.75) is 20.4 Å². The number of terminal acetylenes is 1. The molecule has 114 valence electrons. The molecule has 0 aromatic heterocycles. The summed E-state index contributed by atoms with van der Waals surface area (Å²) >= 11 is 3.45. The second kappa shape index (κ2) is 9.43. The van der Waals surface area contributed by atoms with Crippen molar-refractivity contribution in [2.24, 2.45) is 5.92 Å². The van der Waals surface area contributed by atoms with Gasteiger partial charge in [0.1, 0.15) is 5.75 Å². The van der Waals surface area contributed by atoms with Gasteiger partial charge in [-0.05, 0) is 30.7 Å². The molecular weight excluding hydrogens is 332 g/mol. The van der Waals surface area contributed by atoms with Crippen LogP contribution in [0, 0.1) is 18.3 Å². The predicted octanol–water partition coefficient (Wildman–Crippen LogP) is 2.32. The lowest BCUT2D eigenvalue weighted by atomic mass is 10.2. The molecule has 0 fully saturated rings. The number of benzene rings is 1. The predicted molar refractivity (Wildman–Crippen MR) is 88.0 cm³/mol. The number of carbonyl (C=O) groups is 1. The van der Waals surface area contributed by atoms with E-state index >= 15 is 0 Å². The highest BCUT2D eigenvalue weighted by atomic mass is 79.9. The molecule has 1 amide bonds. The van der Waals surface area contributed by atoms with Crippen LogP contribution in [0.1, 0.15) is 19.4 Å². The molecule has 2 N–H and O–H groups in total. The van der Waals surface area contributed by atoms with Gasteiger partial charge in [0.25, 0.3) is 5.91 Å². The van der Waals surface area contributed by atoms with Gasteiger partial charge in [-0.25, -0.2) is 0 Å². The zero-order chi connectivity index (χ0) is 15.7. The Bertz CT molecular complexity index is 509. The molecule has 0 bridgehead atoms. The Morgan fingerprint density at radius 2 is 2.24 bits per heavy atom. The van der Waals surface area contributed by atoms with Crippen LogP contribution in [0.25, 0.3) is 0 Å². The summed E-state index contributed by atoms with van der Waals surface area (Å²) in [7, 11) is 0. The largest absolute Gasteiger partial charge is 0.483 e.